The van der Waals surface area contributed by atoms with E-state index in [0.717, 1.165) is 0 Å². The van der Waals surface area contributed by atoms with Crippen LogP contribution in [0.1, 0.15) is 10.4 Å². The molecule has 1 aromatic heterocycles. The number of ether oxygens (including phenoxy) is 3. The highest BCUT2D eigenvalue weighted by atomic mass is 32.1. The van der Waals surface area contributed by atoms with Crippen LogP contribution in [0.5, 0.6) is 17.2 Å². The van der Waals surface area contributed by atoms with Gasteiger partial charge in [0.2, 0.25) is 0 Å². The minimum atomic E-state index is -2.94. The lowest BCUT2D eigenvalue weighted by molar-refractivity contribution is -0.0494. The smallest absolute Gasteiger partial charge is 0.387 e. The van der Waals surface area contributed by atoms with Crippen LogP contribution in [0.3, 0.4) is 0 Å². The zero-order valence-corrected chi connectivity index (χ0v) is 15.8. The van der Waals surface area contributed by atoms with Gasteiger partial charge in [-0.15, -0.1) is 11.3 Å². The highest BCUT2D eigenvalue weighted by Crippen LogP contribution is 2.33. The van der Waals surface area contributed by atoms with E-state index >= 15 is 0 Å². The molecule has 2 aromatic carbocycles. The summed E-state index contributed by atoms with van der Waals surface area (Å²) >= 11 is 1.17. The fourth-order valence-corrected chi connectivity index (χ4v) is 3.15. The molecule has 0 unspecified atom stereocenters. The number of alkyl halides is 2. The number of nitrogens with zero attached hydrogens (tertiary/aromatic N) is 1. The number of halogens is 2. The second kappa shape index (κ2) is 8.66. The van der Waals surface area contributed by atoms with Crippen molar-refractivity contribution in [2.45, 2.75) is 6.61 Å². The van der Waals surface area contributed by atoms with Crippen molar-refractivity contribution in [2.24, 2.45) is 0 Å². The van der Waals surface area contributed by atoms with E-state index in [1.807, 2.05) is 0 Å². The molecule has 0 atom stereocenters. The van der Waals surface area contributed by atoms with Gasteiger partial charge in [0.15, 0.2) is 5.13 Å². The maximum Gasteiger partial charge on any atom is 0.387 e. The molecule has 6 nitrogen and oxygen atoms in total. The van der Waals surface area contributed by atoms with E-state index < -0.39 is 12.5 Å². The van der Waals surface area contributed by atoms with Gasteiger partial charge in [-0.3, -0.25) is 10.1 Å². The Hall–Kier alpha value is -3.20. The van der Waals surface area contributed by atoms with Crippen LogP contribution >= 0.6 is 11.3 Å². The zero-order chi connectivity index (χ0) is 20.1. The molecule has 0 saturated carbocycles. The number of hydrogen-bond acceptors (Lipinski definition) is 6. The first-order chi connectivity index (χ1) is 13.5. The lowest BCUT2D eigenvalue weighted by atomic mass is 10.1. The number of aromatic nitrogens is 1. The van der Waals surface area contributed by atoms with Crippen molar-refractivity contribution in [3.8, 4) is 28.5 Å². The average molecular weight is 406 g/mol. The molecular weight excluding hydrogens is 390 g/mol. The summed E-state index contributed by atoms with van der Waals surface area (Å²) in [4.78, 5) is 16.8. The zero-order valence-electron chi connectivity index (χ0n) is 14.9. The maximum absolute atomic E-state index is 12.6. The Morgan fingerprint density at radius 3 is 2.43 bits per heavy atom. The number of hydrogen-bond donors (Lipinski definition) is 1. The van der Waals surface area contributed by atoms with E-state index in [2.05, 4.69) is 15.0 Å². The number of anilines is 1. The molecule has 1 heterocycles. The number of para-hydroxylation sites is 1. The third kappa shape index (κ3) is 4.55. The fraction of sp³-hybridized carbons (Fsp3) is 0.158. The third-order valence-corrected chi connectivity index (χ3v) is 4.48. The molecule has 0 aliphatic rings. The van der Waals surface area contributed by atoms with Crippen molar-refractivity contribution in [3.05, 3.63) is 53.4 Å². The summed E-state index contributed by atoms with van der Waals surface area (Å²) in [6, 6.07) is 11.1. The summed E-state index contributed by atoms with van der Waals surface area (Å²) in [6.07, 6.45) is 0. The van der Waals surface area contributed by atoms with Crippen molar-refractivity contribution in [2.75, 3.05) is 19.5 Å². The molecule has 0 saturated heterocycles. The van der Waals surface area contributed by atoms with Crippen LogP contribution in [0.25, 0.3) is 11.3 Å². The molecule has 0 bridgehead atoms. The van der Waals surface area contributed by atoms with E-state index in [1.54, 1.807) is 41.8 Å². The van der Waals surface area contributed by atoms with Gasteiger partial charge in [0.25, 0.3) is 5.91 Å². The van der Waals surface area contributed by atoms with Crippen LogP contribution in [0.2, 0.25) is 0 Å². The van der Waals surface area contributed by atoms with Gasteiger partial charge in [-0.05, 0) is 24.3 Å². The Morgan fingerprint density at radius 1 is 1.11 bits per heavy atom. The highest BCUT2D eigenvalue weighted by Gasteiger charge is 2.16. The lowest BCUT2D eigenvalue weighted by Crippen LogP contribution is -2.12. The number of nitrogens with one attached hydrogen (secondary N) is 1. The van der Waals surface area contributed by atoms with Gasteiger partial charge in [-0.2, -0.15) is 8.78 Å². The molecule has 146 valence electrons. The van der Waals surface area contributed by atoms with Crippen molar-refractivity contribution < 1.29 is 27.8 Å². The van der Waals surface area contributed by atoms with Gasteiger partial charge in [0.05, 0.1) is 19.9 Å². The van der Waals surface area contributed by atoms with E-state index in [9.17, 15) is 13.6 Å². The van der Waals surface area contributed by atoms with Crippen LogP contribution in [-0.2, 0) is 0 Å². The monoisotopic (exact) mass is 406 g/mol. The van der Waals surface area contributed by atoms with E-state index in [1.165, 1.54) is 31.6 Å². The van der Waals surface area contributed by atoms with Crippen molar-refractivity contribution in [1.82, 2.24) is 4.98 Å². The minimum absolute atomic E-state index is 0.0122. The van der Waals surface area contributed by atoms with Crippen molar-refractivity contribution >= 4 is 22.4 Å². The summed E-state index contributed by atoms with van der Waals surface area (Å²) in [5, 5.41) is 4.64. The summed E-state index contributed by atoms with van der Waals surface area (Å²) in [5.41, 5.74) is 1.15. The fourth-order valence-electron chi connectivity index (χ4n) is 2.44. The molecule has 28 heavy (non-hydrogen) atoms. The van der Waals surface area contributed by atoms with Crippen LogP contribution < -0.4 is 19.5 Å². The van der Waals surface area contributed by atoms with Gasteiger partial charge in [-0.1, -0.05) is 12.1 Å². The maximum atomic E-state index is 12.6. The molecule has 1 amide bonds. The van der Waals surface area contributed by atoms with Crippen LogP contribution in [0.4, 0.5) is 13.9 Å². The number of carbonyl (C=O) groups is 1. The molecule has 0 fully saturated rings. The molecule has 0 radical (unpaired) electrons. The van der Waals surface area contributed by atoms with Gasteiger partial charge < -0.3 is 14.2 Å². The second-order valence-electron chi connectivity index (χ2n) is 5.47. The Bertz CT molecular complexity index is 956. The van der Waals surface area contributed by atoms with E-state index in [-0.39, 0.29) is 5.75 Å². The first kappa shape index (κ1) is 19.6. The summed E-state index contributed by atoms with van der Waals surface area (Å²) in [6.45, 7) is -2.94. The minimum Gasteiger partial charge on any atom is -0.497 e. The number of rotatable bonds is 7. The average Bonchev–Trinajstić information content (AvgIpc) is 3.15. The molecule has 3 aromatic rings. The first-order valence-electron chi connectivity index (χ1n) is 8.04. The Morgan fingerprint density at radius 2 is 1.79 bits per heavy atom. The topological polar surface area (TPSA) is 69.7 Å². The van der Waals surface area contributed by atoms with Gasteiger partial charge >= 0.3 is 6.61 Å². The molecule has 3 rings (SSSR count). The summed E-state index contributed by atoms with van der Waals surface area (Å²) in [5.74, 6) is 0.554. The normalized spacial score (nSPS) is 10.6. The van der Waals surface area contributed by atoms with Crippen LogP contribution in [0, 0.1) is 0 Å². The SMILES string of the molecule is COc1cc(OC)cc(C(=O)Nc2nc(-c3ccccc3OC(F)F)cs2)c1. The number of methoxy groups -OCH3 is 2. The molecule has 0 aliphatic heterocycles. The van der Waals surface area contributed by atoms with Crippen molar-refractivity contribution in [1.29, 1.82) is 0 Å². The third-order valence-electron chi connectivity index (χ3n) is 3.72. The second-order valence-corrected chi connectivity index (χ2v) is 6.33. The number of thiazole rings is 1. The number of amides is 1. The summed E-state index contributed by atoms with van der Waals surface area (Å²) in [7, 11) is 2.98. The highest BCUT2D eigenvalue weighted by molar-refractivity contribution is 7.14. The van der Waals surface area contributed by atoms with E-state index in [0.29, 0.717) is 33.5 Å². The molecule has 1 N–H and O–H groups in total. The standard InChI is InChI=1S/C19H16F2N2O4S/c1-25-12-7-11(8-13(9-12)26-2)17(24)23-19-22-15(10-28-19)14-5-3-4-6-16(14)27-18(20)21/h3-10,18H,1-2H3,(H,22,23,24). The Balaban J connectivity index is 1.81. The lowest BCUT2D eigenvalue weighted by Gasteiger charge is -2.09. The van der Waals surface area contributed by atoms with Crippen LogP contribution in [-0.4, -0.2) is 31.7 Å². The van der Waals surface area contributed by atoms with Gasteiger partial charge in [-0.25, -0.2) is 4.98 Å². The van der Waals surface area contributed by atoms with Crippen molar-refractivity contribution in [3.63, 3.8) is 0 Å². The number of benzene rings is 2. The molecule has 0 aliphatic carbocycles. The Kier molecular flexibility index (Phi) is 6.05. The quantitative estimate of drug-likeness (QED) is 0.617. The van der Waals surface area contributed by atoms with Crippen LogP contribution in [0.15, 0.2) is 47.8 Å². The molecular formula is C19H16F2N2O4S. The molecule has 9 heteroatoms. The predicted octanol–water partition coefficient (Wildman–Crippen LogP) is 4.68. The molecule has 0 spiro atoms. The Labute approximate surface area is 163 Å². The first-order valence-corrected chi connectivity index (χ1v) is 8.92. The largest absolute Gasteiger partial charge is 0.497 e. The number of carbonyl (C=O) groups excluding carboxylic acids is 1. The van der Waals surface area contributed by atoms with Gasteiger partial charge in [0.1, 0.15) is 17.2 Å². The predicted molar refractivity (Wildman–Crippen MR) is 102 cm³/mol. The van der Waals surface area contributed by atoms with Gasteiger partial charge in [0, 0.05) is 22.6 Å². The van der Waals surface area contributed by atoms with E-state index in [4.69, 9.17) is 9.47 Å². The summed E-state index contributed by atoms with van der Waals surface area (Å²) < 4.78 is 40.0.